The standard InChI is InChI=1S/2C19H24ClN3O5.C19H24FN3O5.C13H9ClFNO3.C6H16N2O2.CH4/c2*20-15-10-17-13(9-16(15)22-4-6-28-8-7-27-5-3-21)18(24)14(19(25)26)11-23(17)12-1-2-12;20-15-9-13-17(10-16(15)22-4-6-28-8-7-27-5-3-21)23(12-1-2-12)11-14(18(13)24)19(25)26;14-9-4-11-7(3-10(9)15)12(17)8(13(18)19)5-16(11)6-1-2-6;7-1-3-9-5-6-10-4-2-8;/h3*9-12,22H,1-8,21H2,(H,25,26);3-6H,1-2H2,(H,18,19);1-8H2;1H4. The zero-order valence-electron chi connectivity index (χ0n) is 62.3. The number of carboxylic acids is 4. The maximum Gasteiger partial charge on any atom is 0.341 e. The second-order valence-electron chi connectivity index (χ2n) is 26.2. The van der Waals surface area contributed by atoms with E-state index in [0.29, 0.717) is 212 Å². The van der Waals surface area contributed by atoms with Crippen molar-refractivity contribution in [2.75, 3.05) is 174 Å². The molecule has 0 atom stereocenters. The lowest BCUT2D eigenvalue weighted by atomic mass is 10.1. The molecule has 0 bridgehead atoms. The highest BCUT2D eigenvalue weighted by Crippen LogP contribution is 2.42. The first-order chi connectivity index (χ1) is 54.5. The summed E-state index contributed by atoms with van der Waals surface area (Å²) in [5.41, 5.74) is 26.5. The number of nitrogens with two attached hydrogens (primary N) is 5. The van der Waals surface area contributed by atoms with Gasteiger partial charge < -0.3 is 121 Å². The molecular formula is C77H101Cl3F2N12O20. The highest BCUT2D eigenvalue weighted by molar-refractivity contribution is 6.34. The number of benzene rings is 4. The summed E-state index contributed by atoms with van der Waals surface area (Å²) in [5, 5.41) is 47.9. The zero-order chi connectivity index (χ0) is 81.7. The number of pyridine rings is 4. The first kappa shape index (κ1) is 92.4. The number of rotatable bonds is 42. The molecule has 0 aliphatic heterocycles. The van der Waals surface area contributed by atoms with Gasteiger partial charge >= 0.3 is 23.9 Å². The van der Waals surface area contributed by atoms with Crippen molar-refractivity contribution in [2.24, 2.45) is 28.7 Å². The second kappa shape index (κ2) is 46.7. The van der Waals surface area contributed by atoms with E-state index < -0.39 is 57.2 Å². The third-order valence-electron chi connectivity index (χ3n) is 17.6. The predicted octanol–water partition coefficient (Wildman–Crippen LogP) is 8.16. The Kier molecular flexibility index (Phi) is 37.8. The summed E-state index contributed by atoms with van der Waals surface area (Å²) in [6.45, 7) is 11.8. The van der Waals surface area contributed by atoms with E-state index in [0.717, 1.165) is 63.5 Å². The maximum atomic E-state index is 14.5. The molecule has 4 saturated carbocycles. The minimum Gasteiger partial charge on any atom is -0.477 e. The van der Waals surface area contributed by atoms with E-state index in [4.69, 9.17) is 106 Å². The topological polar surface area (TPSA) is 477 Å². The number of fused-ring (bicyclic) bond motifs is 4. The molecule has 4 aliphatic carbocycles. The number of hydrogen-bond donors (Lipinski definition) is 12. The van der Waals surface area contributed by atoms with Crippen molar-refractivity contribution in [1.29, 1.82) is 0 Å². The molecule has 17 N–H and O–H groups in total. The van der Waals surface area contributed by atoms with Crippen LogP contribution in [0.3, 0.4) is 0 Å². The van der Waals surface area contributed by atoms with Gasteiger partial charge in [0.2, 0.25) is 21.7 Å². The number of nitrogens with one attached hydrogen (secondary N) is 3. The number of halogens is 5. The van der Waals surface area contributed by atoms with Crippen LogP contribution in [0.4, 0.5) is 25.8 Å². The van der Waals surface area contributed by atoms with Crippen molar-refractivity contribution >= 4 is 119 Å². The van der Waals surface area contributed by atoms with Crippen molar-refractivity contribution in [1.82, 2.24) is 18.3 Å². The van der Waals surface area contributed by atoms with E-state index >= 15 is 0 Å². The van der Waals surface area contributed by atoms with E-state index in [1.165, 1.54) is 30.9 Å². The number of carbonyl (C=O) groups is 4. The molecule has 0 unspecified atom stereocenters. The fraction of sp³-hybridized carbons (Fsp3) is 0.481. The zero-order valence-corrected chi connectivity index (χ0v) is 64.5. The van der Waals surface area contributed by atoms with E-state index in [1.54, 1.807) is 39.5 Å². The number of hydrogen-bond acceptors (Lipinski definition) is 24. The van der Waals surface area contributed by atoms with Gasteiger partial charge in [-0.1, -0.05) is 42.2 Å². The molecule has 4 aromatic carbocycles. The van der Waals surface area contributed by atoms with Crippen LogP contribution in [0.25, 0.3) is 43.6 Å². The van der Waals surface area contributed by atoms with Crippen LogP contribution < -0.4 is 66.3 Å². The van der Waals surface area contributed by atoms with Crippen molar-refractivity contribution < 1.29 is 86.3 Å². The molecule has 4 aliphatic rings. The van der Waals surface area contributed by atoms with Gasteiger partial charge in [-0.2, -0.15) is 0 Å². The Morgan fingerprint density at radius 3 is 0.825 bits per heavy atom. The Hall–Kier alpha value is -8.79. The number of anilines is 3. The Labute approximate surface area is 669 Å². The fourth-order valence-electron chi connectivity index (χ4n) is 11.6. The summed E-state index contributed by atoms with van der Waals surface area (Å²) in [6, 6.07) is 12.4. The smallest absolute Gasteiger partial charge is 0.341 e. The van der Waals surface area contributed by atoms with Crippen LogP contribution >= 0.6 is 34.8 Å². The molecule has 4 heterocycles. The molecule has 0 saturated heterocycles. The Morgan fingerprint density at radius 2 is 0.570 bits per heavy atom. The second-order valence-corrected chi connectivity index (χ2v) is 27.4. The number of ether oxygens (including phenoxy) is 8. The van der Waals surface area contributed by atoms with Crippen LogP contribution in [-0.4, -0.2) is 221 Å². The van der Waals surface area contributed by atoms with Crippen molar-refractivity contribution in [3.63, 3.8) is 0 Å². The summed E-state index contributed by atoms with van der Waals surface area (Å²) in [7, 11) is 0. The summed E-state index contributed by atoms with van der Waals surface area (Å²) >= 11 is 18.5. The van der Waals surface area contributed by atoms with Gasteiger partial charge in [0.05, 0.1) is 160 Å². The lowest BCUT2D eigenvalue weighted by Gasteiger charge is -2.15. The summed E-state index contributed by atoms with van der Waals surface area (Å²) in [4.78, 5) is 95.0. The average molecular weight is 1660 g/mol. The van der Waals surface area contributed by atoms with Crippen LogP contribution in [-0.2, 0) is 37.9 Å². The number of aromatic nitrogens is 4. The van der Waals surface area contributed by atoms with E-state index in [-0.39, 0.29) is 75.3 Å². The molecule has 8 aromatic rings. The third-order valence-corrected chi connectivity index (χ3v) is 18.5. The van der Waals surface area contributed by atoms with Gasteiger partial charge in [0, 0.05) is 123 Å². The largest absolute Gasteiger partial charge is 0.477 e. The highest BCUT2D eigenvalue weighted by Gasteiger charge is 2.32. The van der Waals surface area contributed by atoms with E-state index in [9.17, 15) is 62.5 Å². The van der Waals surface area contributed by atoms with Gasteiger partial charge in [-0.25, -0.2) is 28.0 Å². The summed E-state index contributed by atoms with van der Waals surface area (Å²) < 4.78 is 77.1. The number of aromatic carboxylic acids is 4. The monoisotopic (exact) mass is 1660 g/mol. The first-order valence-electron chi connectivity index (χ1n) is 36.9. The molecule has 4 fully saturated rings. The number of nitrogens with zero attached hydrogens (tertiary/aromatic N) is 4. The minimum absolute atomic E-state index is 0. The predicted molar refractivity (Wildman–Crippen MR) is 433 cm³/mol. The molecule has 37 heteroatoms. The van der Waals surface area contributed by atoms with Crippen LogP contribution in [0.2, 0.25) is 15.1 Å². The van der Waals surface area contributed by atoms with Crippen LogP contribution in [0.15, 0.2) is 92.5 Å². The van der Waals surface area contributed by atoms with Crippen LogP contribution in [0.1, 0.15) is 124 Å². The van der Waals surface area contributed by atoms with E-state index in [2.05, 4.69) is 16.0 Å². The normalized spacial score (nSPS) is 13.5. The fourth-order valence-corrected chi connectivity index (χ4v) is 12.2. The highest BCUT2D eigenvalue weighted by atomic mass is 35.5. The van der Waals surface area contributed by atoms with Gasteiger partial charge in [-0.05, 0) is 99.9 Å². The van der Waals surface area contributed by atoms with Gasteiger partial charge in [0.1, 0.15) is 33.9 Å². The maximum absolute atomic E-state index is 14.5. The van der Waals surface area contributed by atoms with Gasteiger partial charge in [-0.15, -0.1) is 0 Å². The molecule has 12 rings (SSSR count). The average Bonchev–Trinajstić information content (AvgIpc) is 1.31. The number of carboxylic acid groups (broad SMARTS) is 4. The molecule has 624 valence electrons. The molecule has 32 nitrogen and oxygen atoms in total. The molecule has 0 spiro atoms. The third kappa shape index (κ3) is 26.9. The molecular weight excluding hydrogens is 1560 g/mol. The SMILES string of the molecule is C.NCCOCCOCCN.NCCOCCOCCNc1cc2c(=O)c(C(=O)O)cn(C3CC3)c2cc1Cl.NCCOCCOCCNc1cc2c(=O)c(C(=O)O)cn(C3CC3)c2cc1Cl.NCCOCCOCCNc1cc2c(cc1F)c(=O)c(C(=O)O)cn2C1CC1.O=C(O)c1cn(C2CC2)c2cc(Cl)c(F)cc2c1=O. The lowest BCUT2D eigenvalue weighted by Crippen LogP contribution is -2.19. The van der Waals surface area contributed by atoms with Crippen molar-refractivity contribution in [3.8, 4) is 0 Å². The molecule has 0 radical (unpaired) electrons. The Bertz CT molecular complexity index is 4670. The molecule has 114 heavy (non-hydrogen) atoms. The molecule has 4 aromatic heterocycles. The quantitative estimate of drug-likeness (QED) is 0.0160. The van der Waals surface area contributed by atoms with Gasteiger partial charge in [-0.3, -0.25) is 19.2 Å². The van der Waals surface area contributed by atoms with Gasteiger partial charge in [0.25, 0.3) is 0 Å². The molecule has 0 amide bonds. The minimum atomic E-state index is -1.31. The first-order valence-corrected chi connectivity index (χ1v) is 38.1. The van der Waals surface area contributed by atoms with Gasteiger partial charge in [0.15, 0.2) is 0 Å². The van der Waals surface area contributed by atoms with Crippen LogP contribution in [0.5, 0.6) is 0 Å². The van der Waals surface area contributed by atoms with Crippen LogP contribution in [0, 0.1) is 11.6 Å². The summed E-state index contributed by atoms with van der Waals surface area (Å²) in [5.74, 6) is -6.41. The Morgan fingerprint density at radius 1 is 0.342 bits per heavy atom. The van der Waals surface area contributed by atoms with Crippen molar-refractivity contribution in [2.45, 2.75) is 83.0 Å². The Balaban J connectivity index is 0.000000203. The summed E-state index contributed by atoms with van der Waals surface area (Å²) in [6.07, 6.45) is 13.0. The van der Waals surface area contributed by atoms with Crippen molar-refractivity contribution in [3.05, 3.63) is 163 Å². The lowest BCUT2D eigenvalue weighted by molar-refractivity contribution is 0.0538. The van der Waals surface area contributed by atoms with E-state index in [1.807, 2.05) is 9.13 Å².